The predicted molar refractivity (Wildman–Crippen MR) is 104 cm³/mol. The van der Waals surface area contributed by atoms with Crippen molar-refractivity contribution in [2.75, 3.05) is 32.0 Å². The van der Waals surface area contributed by atoms with Crippen molar-refractivity contribution in [2.45, 2.75) is 31.4 Å². The first-order valence-corrected chi connectivity index (χ1v) is 9.65. The normalized spacial score (nSPS) is 17.3. The second kappa shape index (κ2) is 10.9. The van der Waals surface area contributed by atoms with Crippen LogP contribution in [-0.2, 0) is 6.42 Å². The van der Waals surface area contributed by atoms with Crippen molar-refractivity contribution in [3.05, 3.63) is 29.8 Å². The molecule has 2 N–H and O–H groups in total. The Kier molecular flexibility index (Phi) is 8.40. The number of guanidine groups is 1. The molecule has 1 aromatic rings. The molecule has 1 aliphatic heterocycles. The van der Waals surface area contributed by atoms with Gasteiger partial charge in [0.05, 0.1) is 6.54 Å². The van der Waals surface area contributed by atoms with Gasteiger partial charge in [-0.05, 0) is 49.6 Å². The Morgan fingerprint density at radius 3 is 2.88 bits per heavy atom. The number of nitrogens with one attached hydrogen (secondary N) is 2. The van der Waals surface area contributed by atoms with Crippen molar-refractivity contribution >= 4 is 17.7 Å². The predicted octanol–water partition coefficient (Wildman–Crippen LogP) is 2.69. The highest BCUT2D eigenvalue weighted by molar-refractivity contribution is 8.00. The number of aliphatic imine (C=N–C) groups is 1. The van der Waals surface area contributed by atoms with Gasteiger partial charge in [0.15, 0.2) is 5.96 Å². The highest BCUT2D eigenvalue weighted by atomic mass is 32.2. The summed E-state index contributed by atoms with van der Waals surface area (Å²) in [7, 11) is 0. The van der Waals surface area contributed by atoms with E-state index in [-0.39, 0.29) is 0 Å². The van der Waals surface area contributed by atoms with E-state index in [9.17, 15) is 0 Å². The van der Waals surface area contributed by atoms with E-state index in [1.165, 1.54) is 24.2 Å². The number of hydrogen-bond donors (Lipinski definition) is 2. The molecule has 24 heavy (non-hydrogen) atoms. The zero-order valence-corrected chi connectivity index (χ0v) is 15.2. The summed E-state index contributed by atoms with van der Waals surface area (Å²) in [5, 5.41) is 7.42. The average Bonchev–Trinajstić information content (AvgIpc) is 3.12. The van der Waals surface area contributed by atoms with Gasteiger partial charge in [0.1, 0.15) is 12.4 Å². The smallest absolute Gasteiger partial charge is 0.191 e. The minimum absolute atomic E-state index is 0.308. The minimum atomic E-state index is 0.308. The second-order valence-electron chi connectivity index (χ2n) is 5.67. The number of rotatable bonds is 8. The van der Waals surface area contributed by atoms with E-state index in [0.717, 1.165) is 37.8 Å². The molecule has 1 aliphatic rings. The summed E-state index contributed by atoms with van der Waals surface area (Å²) in [4.78, 5) is 4.71. The monoisotopic (exact) mass is 345 g/mol. The van der Waals surface area contributed by atoms with Crippen LogP contribution in [0.2, 0.25) is 0 Å². The molecule has 1 heterocycles. The molecular formula is C19H27N3OS. The van der Waals surface area contributed by atoms with Crippen molar-refractivity contribution in [3.8, 4) is 18.1 Å². The maximum Gasteiger partial charge on any atom is 0.191 e. The van der Waals surface area contributed by atoms with Gasteiger partial charge in [-0.3, -0.25) is 4.99 Å². The van der Waals surface area contributed by atoms with Crippen LogP contribution in [0, 0.1) is 12.3 Å². The number of benzene rings is 1. The molecule has 0 bridgehead atoms. The first-order valence-electron chi connectivity index (χ1n) is 8.60. The Labute approximate surface area is 149 Å². The van der Waals surface area contributed by atoms with E-state index in [0.29, 0.717) is 11.9 Å². The lowest BCUT2D eigenvalue weighted by Gasteiger charge is -2.13. The van der Waals surface area contributed by atoms with Crippen molar-refractivity contribution in [2.24, 2.45) is 4.99 Å². The maximum absolute atomic E-state index is 5.38. The summed E-state index contributed by atoms with van der Waals surface area (Å²) >= 11 is 2.04. The van der Waals surface area contributed by atoms with Crippen LogP contribution >= 0.6 is 11.8 Å². The standard InChI is InChI=1S/C19H27N3OS/c1-3-13-23-17-9-7-16(8-10-17)11-12-21-19(20-4-2)22-15-18-6-5-14-24-18/h1,7-10,18H,4-6,11-15H2,2H3,(H2,20,21,22). The van der Waals surface area contributed by atoms with Gasteiger partial charge in [0, 0.05) is 18.3 Å². The van der Waals surface area contributed by atoms with Gasteiger partial charge in [-0.1, -0.05) is 18.1 Å². The molecule has 1 atom stereocenters. The Hall–Kier alpha value is -1.80. The molecule has 0 aromatic heterocycles. The molecule has 0 saturated carbocycles. The van der Waals surface area contributed by atoms with Crippen LogP contribution in [-0.4, -0.2) is 43.2 Å². The fraction of sp³-hybridized carbons (Fsp3) is 0.526. The Bertz CT molecular complexity index is 545. The van der Waals surface area contributed by atoms with E-state index in [4.69, 9.17) is 16.2 Å². The van der Waals surface area contributed by atoms with Crippen molar-refractivity contribution in [3.63, 3.8) is 0 Å². The van der Waals surface area contributed by atoms with Gasteiger partial charge in [0.2, 0.25) is 0 Å². The lowest BCUT2D eigenvalue weighted by atomic mass is 10.1. The summed E-state index contributed by atoms with van der Waals surface area (Å²) in [6, 6.07) is 8.08. The van der Waals surface area contributed by atoms with Crippen LogP contribution in [0.3, 0.4) is 0 Å². The van der Waals surface area contributed by atoms with Gasteiger partial charge in [0.25, 0.3) is 0 Å². The molecular weight excluding hydrogens is 318 g/mol. The second-order valence-corrected chi connectivity index (χ2v) is 7.08. The Morgan fingerprint density at radius 2 is 2.21 bits per heavy atom. The van der Waals surface area contributed by atoms with Gasteiger partial charge >= 0.3 is 0 Å². The van der Waals surface area contributed by atoms with Crippen LogP contribution in [0.5, 0.6) is 5.75 Å². The largest absolute Gasteiger partial charge is 0.481 e. The highest BCUT2D eigenvalue weighted by Crippen LogP contribution is 2.25. The fourth-order valence-corrected chi connectivity index (χ4v) is 3.71. The molecule has 1 aromatic carbocycles. The van der Waals surface area contributed by atoms with E-state index in [2.05, 4.69) is 35.6 Å². The van der Waals surface area contributed by atoms with Crippen LogP contribution < -0.4 is 15.4 Å². The van der Waals surface area contributed by atoms with E-state index in [1.54, 1.807) is 0 Å². The topological polar surface area (TPSA) is 45.6 Å². The first-order chi connectivity index (χ1) is 11.8. The number of terminal acetylenes is 1. The molecule has 0 aliphatic carbocycles. The van der Waals surface area contributed by atoms with Crippen molar-refractivity contribution in [1.29, 1.82) is 0 Å². The minimum Gasteiger partial charge on any atom is -0.481 e. The zero-order chi connectivity index (χ0) is 17.0. The van der Waals surface area contributed by atoms with Crippen molar-refractivity contribution in [1.82, 2.24) is 10.6 Å². The van der Waals surface area contributed by atoms with Gasteiger partial charge < -0.3 is 15.4 Å². The molecule has 0 spiro atoms. The molecule has 0 amide bonds. The molecule has 130 valence electrons. The Balaban J connectivity index is 1.75. The lowest BCUT2D eigenvalue weighted by Crippen LogP contribution is -2.38. The van der Waals surface area contributed by atoms with Crippen LogP contribution in [0.25, 0.3) is 0 Å². The summed E-state index contributed by atoms with van der Waals surface area (Å²) in [6.07, 6.45) is 8.75. The third-order valence-corrected chi connectivity index (χ3v) is 5.15. The lowest BCUT2D eigenvalue weighted by molar-refractivity contribution is 0.370. The number of ether oxygens (including phenoxy) is 1. The summed E-state index contributed by atoms with van der Waals surface area (Å²) in [5.74, 6) is 5.48. The van der Waals surface area contributed by atoms with Gasteiger partial charge in [-0.25, -0.2) is 0 Å². The summed E-state index contributed by atoms with van der Waals surface area (Å²) in [5.41, 5.74) is 1.26. The van der Waals surface area contributed by atoms with E-state index in [1.807, 2.05) is 23.9 Å². The van der Waals surface area contributed by atoms with Gasteiger partial charge in [-0.15, -0.1) is 6.42 Å². The van der Waals surface area contributed by atoms with Crippen LogP contribution in [0.15, 0.2) is 29.3 Å². The average molecular weight is 346 g/mol. The molecule has 2 rings (SSSR count). The van der Waals surface area contributed by atoms with Crippen molar-refractivity contribution < 1.29 is 4.74 Å². The van der Waals surface area contributed by atoms with E-state index >= 15 is 0 Å². The molecule has 1 saturated heterocycles. The first kappa shape index (κ1) is 18.5. The molecule has 4 nitrogen and oxygen atoms in total. The Morgan fingerprint density at radius 1 is 1.38 bits per heavy atom. The molecule has 0 radical (unpaired) electrons. The maximum atomic E-state index is 5.38. The number of thioether (sulfide) groups is 1. The zero-order valence-electron chi connectivity index (χ0n) is 14.4. The third kappa shape index (κ3) is 6.76. The SMILES string of the molecule is C#CCOc1ccc(CCNC(=NCC2CCCS2)NCC)cc1. The molecule has 1 unspecified atom stereocenters. The summed E-state index contributed by atoms with van der Waals surface area (Å²) in [6.45, 7) is 5.04. The highest BCUT2D eigenvalue weighted by Gasteiger charge is 2.14. The van der Waals surface area contributed by atoms with E-state index < -0.39 is 0 Å². The molecule has 5 heteroatoms. The van der Waals surface area contributed by atoms with Gasteiger partial charge in [-0.2, -0.15) is 11.8 Å². The molecule has 1 fully saturated rings. The quantitative estimate of drug-likeness (QED) is 0.432. The van der Waals surface area contributed by atoms with Crippen LogP contribution in [0.1, 0.15) is 25.3 Å². The summed E-state index contributed by atoms with van der Waals surface area (Å²) < 4.78 is 5.38. The number of nitrogens with zero attached hydrogens (tertiary/aromatic N) is 1. The fourth-order valence-electron chi connectivity index (χ4n) is 2.53. The van der Waals surface area contributed by atoms with Crippen LogP contribution in [0.4, 0.5) is 0 Å². The number of hydrogen-bond acceptors (Lipinski definition) is 3. The third-order valence-electron chi connectivity index (χ3n) is 3.77.